The normalized spacial score (nSPS) is 20.5. The van der Waals surface area contributed by atoms with Crippen molar-refractivity contribution >= 4 is 0 Å². The number of nitrogens with one attached hydrogen (secondary N) is 1. The third kappa shape index (κ3) is 2.15. The summed E-state index contributed by atoms with van der Waals surface area (Å²) in [4.78, 5) is 0. The molecule has 1 heterocycles. The van der Waals surface area contributed by atoms with E-state index >= 15 is 0 Å². The van der Waals surface area contributed by atoms with E-state index < -0.39 is 0 Å². The Kier molecular flexibility index (Phi) is 3.27. The minimum absolute atomic E-state index is 0.631. The van der Waals surface area contributed by atoms with Crippen LogP contribution in [0.4, 0.5) is 0 Å². The summed E-state index contributed by atoms with van der Waals surface area (Å²) in [6, 6.07) is 6.56. The number of hydrogen-bond donors (Lipinski definition) is 1. The average molecular weight is 205 g/mol. The summed E-state index contributed by atoms with van der Waals surface area (Å²) < 4.78 is 5.43. The van der Waals surface area contributed by atoms with Gasteiger partial charge in [0, 0.05) is 12.5 Å². The molecule has 1 aromatic rings. The van der Waals surface area contributed by atoms with Crippen molar-refractivity contribution in [2.24, 2.45) is 0 Å². The molecule has 2 heteroatoms. The van der Waals surface area contributed by atoms with Crippen LogP contribution in [0, 0.1) is 0 Å². The minimum atomic E-state index is 0.631. The highest BCUT2D eigenvalue weighted by Gasteiger charge is 2.20. The second-order valence-electron chi connectivity index (χ2n) is 4.12. The van der Waals surface area contributed by atoms with Crippen LogP contribution >= 0.6 is 0 Å². The van der Waals surface area contributed by atoms with Crippen molar-refractivity contribution in [1.29, 1.82) is 0 Å². The summed E-state index contributed by atoms with van der Waals surface area (Å²) in [7, 11) is 1.76. The fraction of sp³-hybridized carbons (Fsp3) is 0.538. The molecule has 0 amide bonds. The first-order valence-electron chi connectivity index (χ1n) is 5.72. The molecule has 1 aromatic carbocycles. The van der Waals surface area contributed by atoms with Crippen molar-refractivity contribution in [1.82, 2.24) is 5.32 Å². The maximum Gasteiger partial charge on any atom is 0.122 e. The highest BCUT2D eigenvalue weighted by molar-refractivity contribution is 5.40. The Bertz CT molecular complexity index is 329. The molecular formula is C13H19NO. The van der Waals surface area contributed by atoms with E-state index in [9.17, 15) is 0 Å². The summed E-state index contributed by atoms with van der Waals surface area (Å²) in [6.07, 6.45) is 2.32. The van der Waals surface area contributed by atoms with Gasteiger partial charge in [-0.2, -0.15) is 0 Å². The highest BCUT2D eigenvalue weighted by atomic mass is 16.5. The Morgan fingerprint density at radius 2 is 2.33 bits per heavy atom. The maximum absolute atomic E-state index is 5.43. The number of rotatable bonds is 3. The lowest BCUT2D eigenvalue weighted by atomic mass is 9.95. The molecule has 0 spiro atoms. The van der Waals surface area contributed by atoms with Gasteiger partial charge in [-0.05, 0) is 36.6 Å². The Morgan fingerprint density at radius 3 is 2.93 bits per heavy atom. The van der Waals surface area contributed by atoms with Crippen LogP contribution in [0.5, 0.6) is 5.75 Å². The third-order valence-electron chi connectivity index (χ3n) is 3.20. The first-order valence-corrected chi connectivity index (χ1v) is 5.72. The van der Waals surface area contributed by atoms with E-state index in [1.54, 1.807) is 7.11 Å². The summed E-state index contributed by atoms with van der Waals surface area (Å²) >= 11 is 0. The lowest BCUT2D eigenvalue weighted by Crippen LogP contribution is -2.09. The third-order valence-corrected chi connectivity index (χ3v) is 3.20. The van der Waals surface area contributed by atoms with Crippen molar-refractivity contribution in [3.63, 3.8) is 0 Å². The van der Waals surface area contributed by atoms with E-state index in [4.69, 9.17) is 4.74 Å². The summed E-state index contributed by atoms with van der Waals surface area (Å²) in [5, 5.41) is 3.40. The smallest absolute Gasteiger partial charge is 0.122 e. The zero-order chi connectivity index (χ0) is 10.7. The lowest BCUT2D eigenvalue weighted by Gasteiger charge is -2.15. The number of benzene rings is 1. The number of aryl methyl sites for hydroxylation is 1. The zero-order valence-electron chi connectivity index (χ0n) is 9.55. The van der Waals surface area contributed by atoms with Crippen LogP contribution in [0.15, 0.2) is 18.2 Å². The molecule has 1 fully saturated rings. The largest absolute Gasteiger partial charge is 0.496 e. The van der Waals surface area contributed by atoms with E-state index in [1.807, 2.05) is 0 Å². The average Bonchev–Trinajstić information content (AvgIpc) is 2.81. The van der Waals surface area contributed by atoms with Gasteiger partial charge < -0.3 is 10.1 Å². The molecule has 1 saturated heterocycles. The standard InChI is InChI=1S/C13H19NO/c1-3-10-4-5-13(15-2)12(8-10)11-6-7-14-9-11/h4-5,8,11,14H,3,6-7,9H2,1-2H3. The van der Waals surface area contributed by atoms with Crippen LogP contribution in [0.3, 0.4) is 0 Å². The van der Waals surface area contributed by atoms with E-state index in [1.165, 1.54) is 17.5 Å². The van der Waals surface area contributed by atoms with Gasteiger partial charge in [0.15, 0.2) is 0 Å². The first kappa shape index (κ1) is 10.5. The van der Waals surface area contributed by atoms with Crippen molar-refractivity contribution in [2.75, 3.05) is 20.2 Å². The van der Waals surface area contributed by atoms with Crippen LogP contribution in [0.2, 0.25) is 0 Å². The molecule has 2 nitrogen and oxygen atoms in total. The molecule has 82 valence electrons. The zero-order valence-corrected chi connectivity index (χ0v) is 9.55. The molecule has 1 N–H and O–H groups in total. The molecule has 1 unspecified atom stereocenters. The van der Waals surface area contributed by atoms with E-state index in [2.05, 4.69) is 30.4 Å². The summed E-state index contributed by atoms with van der Waals surface area (Å²) in [5.41, 5.74) is 2.78. The topological polar surface area (TPSA) is 21.3 Å². The highest BCUT2D eigenvalue weighted by Crippen LogP contribution is 2.31. The van der Waals surface area contributed by atoms with Crippen molar-refractivity contribution in [3.05, 3.63) is 29.3 Å². The van der Waals surface area contributed by atoms with Gasteiger partial charge in [-0.1, -0.05) is 19.1 Å². The second-order valence-corrected chi connectivity index (χ2v) is 4.12. The van der Waals surface area contributed by atoms with Crippen LogP contribution < -0.4 is 10.1 Å². The maximum atomic E-state index is 5.43. The summed E-state index contributed by atoms with van der Waals surface area (Å²) in [5.74, 6) is 1.67. The van der Waals surface area contributed by atoms with E-state index in [0.717, 1.165) is 25.3 Å². The Balaban J connectivity index is 2.32. The van der Waals surface area contributed by atoms with Gasteiger partial charge in [-0.15, -0.1) is 0 Å². The number of ether oxygens (including phenoxy) is 1. The van der Waals surface area contributed by atoms with Crippen molar-refractivity contribution < 1.29 is 4.74 Å². The van der Waals surface area contributed by atoms with Gasteiger partial charge in [0.2, 0.25) is 0 Å². The van der Waals surface area contributed by atoms with Crippen molar-refractivity contribution in [2.45, 2.75) is 25.7 Å². The summed E-state index contributed by atoms with van der Waals surface area (Å²) in [6.45, 7) is 4.41. The van der Waals surface area contributed by atoms with Gasteiger partial charge in [0.1, 0.15) is 5.75 Å². The monoisotopic (exact) mass is 205 g/mol. The second kappa shape index (κ2) is 4.67. The minimum Gasteiger partial charge on any atom is -0.496 e. The predicted molar refractivity (Wildman–Crippen MR) is 62.6 cm³/mol. The molecule has 2 rings (SSSR count). The molecule has 1 aliphatic heterocycles. The first-order chi connectivity index (χ1) is 7.35. The van der Waals surface area contributed by atoms with Crippen LogP contribution in [-0.2, 0) is 6.42 Å². The Labute approximate surface area is 91.6 Å². The van der Waals surface area contributed by atoms with Gasteiger partial charge in [0.25, 0.3) is 0 Å². The van der Waals surface area contributed by atoms with Crippen LogP contribution in [0.1, 0.15) is 30.4 Å². The van der Waals surface area contributed by atoms with Crippen molar-refractivity contribution in [3.8, 4) is 5.75 Å². The van der Waals surface area contributed by atoms with Crippen LogP contribution in [-0.4, -0.2) is 20.2 Å². The van der Waals surface area contributed by atoms with Gasteiger partial charge in [-0.25, -0.2) is 0 Å². The molecular weight excluding hydrogens is 186 g/mol. The molecule has 1 aliphatic rings. The number of methoxy groups -OCH3 is 1. The molecule has 15 heavy (non-hydrogen) atoms. The van der Waals surface area contributed by atoms with Crippen LogP contribution in [0.25, 0.3) is 0 Å². The fourth-order valence-electron chi connectivity index (χ4n) is 2.24. The molecule has 1 atom stereocenters. The molecule has 0 bridgehead atoms. The van der Waals surface area contributed by atoms with Gasteiger partial charge >= 0.3 is 0 Å². The fourth-order valence-corrected chi connectivity index (χ4v) is 2.24. The Morgan fingerprint density at radius 1 is 1.47 bits per heavy atom. The van der Waals surface area contributed by atoms with Gasteiger partial charge in [0.05, 0.1) is 7.11 Å². The number of hydrogen-bond acceptors (Lipinski definition) is 2. The molecule has 0 aliphatic carbocycles. The SMILES string of the molecule is CCc1ccc(OC)c(C2CCNC2)c1. The Hall–Kier alpha value is -1.02. The van der Waals surface area contributed by atoms with E-state index in [0.29, 0.717) is 5.92 Å². The predicted octanol–water partition coefficient (Wildman–Crippen LogP) is 2.33. The molecule has 0 saturated carbocycles. The molecule has 0 radical (unpaired) electrons. The molecule has 0 aromatic heterocycles. The quantitative estimate of drug-likeness (QED) is 0.817. The lowest BCUT2D eigenvalue weighted by molar-refractivity contribution is 0.406. The van der Waals surface area contributed by atoms with E-state index in [-0.39, 0.29) is 0 Å². The van der Waals surface area contributed by atoms with Gasteiger partial charge in [-0.3, -0.25) is 0 Å².